The Bertz CT molecular complexity index is 482. The molecule has 0 heterocycles. The second-order valence-corrected chi connectivity index (χ2v) is 7.04. The minimum absolute atomic E-state index is 0.0915. The topological polar surface area (TPSA) is 43.1 Å². The van der Waals surface area contributed by atoms with Gasteiger partial charge in [0.1, 0.15) is 11.6 Å². The molecule has 2 nitrogen and oxygen atoms in total. The zero-order chi connectivity index (χ0) is 16.0. The lowest BCUT2D eigenvalue weighted by molar-refractivity contribution is -0.118. The van der Waals surface area contributed by atoms with E-state index < -0.39 is 0 Å². The minimum Gasteiger partial charge on any atom is -0.330 e. The van der Waals surface area contributed by atoms with E-state index in [0.717, 1.165) is 12.8 Å². The second kappa shape index (κ2) is 7.90. The third-order valence-corrected chi connectivity index (χ3v) is 4.28. The van der Waals surface area contributed by atoms with Gasteiger partial charge in [0.15, 0.2) is 0 Å². The fourth-order valence-electron chi connectivity index (χ4n) is 2.53. The summed E-state index contributed by atoms with van der Waals surface area (Å²) < 4.78 is 13.2. The fraction of sp³-hybridized carbons (Fsp3) is 0.588. The van der Waals surface area contributed by atoms with Gasteiger partial charge in [0, 0.05) is 17.9 Å². The molecule has 0 aliphatic carbocycles. The third kappa shape index (κ3) is 6.15. The van der Waals surface area contributed by atoms with E-state index in [1.54, 1.807) is 0 Å². The maximum absolute atomic E-state index is 13.2. The number of hydrogen-bond acceptors (Lipinski definition) is 2. The molecule has 1 atom stereocenters. The summed E-state index contributed by atoms with van der Waals surface area (Å²) in [5.74, 6) is 0.140. The summed E-state index contributed by atoms with van der Waals surface area (Å²) in [5, 5.41) is 0.444. The first-order valence-electron chi connectivity index (χ1n) is 7.39. The number of nitrogens with two attached hydrogens (primary N) is 1. The predicted molar refractivity (Wildman–Crippen MR) is 86.0 cm³/mol. The molecule has 21 heavy (non-hydrogen) atoms. The highest BCUT2D eigenvalue weighted by atomic mass is 35.5. The molecule has 1 aromatic carbocycles. The standard InChI is InChI=1S/C17H25ClFNO/c1-17(2,3)13(8-9-20)4-6-15(21)11-12-10-14(19)5-7-16(12)18/h5,7,10,13H,4,6,8-9,11,20H2,1-3H3. The molecule has 0 saturated heterocycles. The molecule has 0 bridgehead atoms. The predicted octanol–water partition coefficient (Wildman–Crippen LogP) is 4.38. The molecule has 0 spiro atoms. The van der Waals surface area contributed by atoms with Gasteiger partial charge >= 0.3 is 0 Å². The van der Waals surface area contributed by atoms with Crippen LogP contribution >= 0.6 is 11.6 Å². The molecular weight excluding hydrogens is 289 g/mol. The van der Waals surface area contributed by atoms with E-state index >= 15 is 0 Å². The number of halogens is 2. The highest BCUT2D eigenvalue weighted by molar-refractivity contribution is 6.31. The first kappa shape index (κ1) is 18.1. The van der Waals surface area contributed by atoms with Crippen LogP contribution in [0.3, 0.4) is 0 Å². The highest BCUT2D eigenvalue weighted by Crippen LogP contribution is 2.32. The van der Waals surface area contributed by atoms with Crippen molar-refractivity contribution in [1.82, 2.24) is 0 Å². The number of carbonyl (C=O) groups is 1. The van der Waals surface area contributed by atoms with Crippen molar-refractivity contribution in [3.8, 4) is 0 Å². The van der Waals surface area contributed by atoms with Gasteiger partial charge in [-0.25, -0.2) is 4.39 Å². The zero-order valence-corrected chi connectivity index (χ0v) is 13.8. The Morgan fingerprint density at radius 1 is 1.33 bits per heavy atom. The summed E-state index contributed by atoms with van der Waals surface area (Å²) in [5.41, 5.74) is 6.35. The lowest BCUT2D eigenvalue weighted by Crippen LogP contribution is -2.24. The van der Waals surface area contributed by atoms with Crippen LogP contribution in [-0.4, -0.2) is 12.3 Å². The van der Waals surface area contributed by atoms with Gasteiger partial charge in [-0.2, -0.15) is 0 Å². The van der Waals surface area contributed by atoms with E-state index in [9.17, 15) is 9.18 Å². The molecule has 1 aromatic rings. The van der Waals surface area contributed by atoms with Crippen molar-refractivity contribution >= 4 is 17.4 Å². The Labute approximate surface area is 131 Å². The van der Waals surface area contributed by atoms with Gasteiger partial charge in [0.05, 0.1) is 0 Å². The van der Waals surface area contributed by atoms with Crippen LogP contribution in [0.4, 0.5) is 4.39 Å². The molecule has 118 valence electrons. The van der Waals surface area contributed by atoms with Gasteiger partial charge in [-0.05, 0) is 54.5 Å². The summed E-state index contributed by atoms with van der Waals surface area (Å²) >= 11 is 5.99. The van der Waals surface area contributed by atoms with E-state index in [0.29, 0.717) is 29.5 Å². The van der Waals surface area contributed by atoms with Crippen LogP contribution in [0.5, 0.6) is 0 Å². The van der Waals surface area contributed by atoms with Crippen LogP contribution in [0, 0.1) is 17.2 Å². The normalized spacial score (nSPS) is 13.2. The Balaban J connectivity index is 2.59. The Hall–Kier alpha value is -0.930. The maximum Gasteiger partial charge on any atom is 0.137 e. The number of Topliss-reactive ketones (excluding diaryl/α,β-unsaturated/α-hetero) is 1. The van der Waals surface area contributed by atoms with Gasteiger partial charge in [-0.1, -0.05) is 32.4 Å². The molecule has 0 aliphatic heterocycles. The average Bonchev–Trinajstić information content (AvgIpc) is 2.37. The second-order valence-electron chi connectivity index (χ2n) is 6.63. The first-order chi connectivity index (χ1) is 9.74. The SMILES string of the molecule is CC(C)(C)C(CCN)CCC(=O)Cc1cc(F)ccc1Cl. The molecule has 1 rings (SSSR count). The smallest absolute Gasteiger partial charge is 0.137 e. The van der Waals surface area contributed by atoms with Crippen LogP contribution in [0.15, 0.2) is 18.2 Å². The highest BCUT2D eigenvalue weighted by Gasteiger charge is 2.24. The van der Waals surface area contributed by atoms with E-state index in [1.165, 1.54) is 18.2 Å². The summed E-state index contributed by atoms with van der Waals surface area (Å²) in [6, 6.07) is 4.13. The zero-order valence-electron chi connectivity index (χ0n) is 13.1. The monoisotopic (exact) mass is 313 g/mol. The Morgan fingerprint density at radius 3 is 2.57 bits per heavy atom. The van der Waals surface area contributed by atoms with Crippen LogP contribution in [0.2, 0.25) is 5.02 Å². The molecule has 4 heteroatoms. The van der Waals surface area contributed by atoms with E-state index in [4.69, 9.17) is 17.3 Å². The van der Waals surface area contributed by atoms with Crippen molar-refractivity contribution < 1.29 is 9.18 Å². The van der Waals surface area contributed by atoms with Crippen molar-refractivity contribution in [2.24, 2.45) is 17.1 Å². The molecule has 1 unspecified atom stereocenters. The summed E-state index contributed by atoms with van der Waals surface area (Å²) in [4.78, 5) is 12.1. The fourth-order valence-corrected chi connectivity index (χ4v) is 2.71. The maximum atomic E-state index is 13.2. The lowest BCUT2D eigenvalue weighted by Gasteiger charge is -2.30. The molecular formula is C17H25ClFNO. The Morgan fingerprint density at radius 2 is 2.00 bits per heavy atom. The number of ketones is 1. The number of rotatable bonds is 7. The number of hydrogen-bond donors (Lipinski definition) is 1. The van der Waals surface area contributed by atoms with Crippen molar-refractivity contribution in [3.63, 3.8) is 0 Å². The van der Waals surface area contributed by atoms with E-state index in [1.807, 2.05) is 0 Å². The van der Waals surface area contributed by atoms with Gasteiger partial charge in [0.2, 0.25) is 0 Å². The average molecular weight is 314 g/mol. The van der Waals surface area contributed by atoms with Crippen molar-refractivity contribution in [3.05, 3.63) is 34.6 Å². The molecule has 0 aromatic heterocycles. The van der Waals surface area contributed by atoms with Crippen LogP contribution < -0.4 is 5.73 Å². The largest absolute Gasteiger partial charge is 0.330 e. The van der Waals surface area contributed by atoms with Gasteiger partial charge in [0.25, 0.3) is 0 Å². The van der Waals surface area contributed by atoms with E-state index in [-0.39, 0.29) is 23.4 Å². The quantitative estimate of drug-likeness (QED) is 0.811. The van der Waals surface area contributed by atoms with Crippen LogP contribution in [0.1, 0.15) is 45.6 Å². The molecule has 0 saturated carbocycles. The van der Waals surface area contributed by atoms with Crippen molar-refractivity contribution in [1.29, 1.82) is 0 Å². The first-order valence-corrected chi connectivity index (χ1v) is 7.77. The van der Waals surface area contributed by atoms with Crippen molar-refractivity contribution in [2.45, 2.75) is 46.5 Å². The molecule has 0 aliphatic rings. The van der Waals surface area contributed by atoms with Crippen LogP contribution in [0.25, 0.3) is 0 Å². The summed E-state index contributed by atoms with van der Waals surface area (Å²) in [7, 11) is 0. The lowest BCUT2D eigenvalue weighted by atomic mass is 9.76. The van der Waals surface area contributed by atoms with Gasteiger partial charge < -0.3 is 5.73 Å². The molecule has 0 amide bonds. The Kier molecular flexibility index (Phi) is 6.82. The van der Waals surface area contributed by atoms with Crippen LogP contribution in [-0.2, 0) is 11.2 Å². The van der Waals surface area contributed by atoms with Crippen molar-refractivity contribution in [2.75, 3.05) is 6.54 Å². The third-order valence-electron chi connectivity index (χ3n) is 3.91. The molecule has 2 N–H and O–H groups in total. The number of benzene rings is 1. The summed E-state index contributed by atoms with van der Waals surface area (Å²) in [6.07, 6.45) is 2.40. The molecule has 0 fully saturated rings. The summed E-state index contributed by atoms with van der Waals surface area (Å²) in [6.45, 7) is 7.13. The number of carbonyl (C=O) groups excluding carboxylic acids is 1. The minimum atomic E-state index is -0.363. The molecule has 0 radical (unpaired) electrons. The van der Waals surface area contributed by atoms with E-state index in [2.05, 4.69) is 20.8 Å². The van der Waals surface area contributed by atoms with Gasteiger partial charge in [-0.15, -0.1) is 0 Å². The van der Waals surface area contributed by atoms with Gasteiger partial charge in [-0.3, -0.25) is 4.79 Å².